The van der Waals surface area contributed by atoms with Crippen molar-refractivity contribution in [2.24, 2.45) is 0 Å². The summed E-state index contributed by atoms with van der Waals surface area (Å²) in [7, 11) is 2.25. The lowest BCUT2D eigenvalue weighted by Gasteiger charge is -2.31. The molecule has 1 fully saturated rings. The summed E-state index contributed by atoms with van der Waals surface area (Å²) in [6.45, 7) is 1.02. The van der Waals surface area contributed by atoms with Crippen LogP contribution in [0.1, 0.15) is 37.7 Å². The van der Waals surface area contributed by atoms with E-state index in [1.807, 2.05) is 18.2 Å². The molecule has 3 nitrogen and oxygen atoms in total. The fraction of sp³-hybridized carbons (Fsp3) is 0.421. The van der Waals surface area contributed by atoms with Crippen LogP contribution in [0.25, 0.3) is 11.3 Å². The fourth-order valence-corrected chi connectivity index (χ4v) is 3.33. The van der Waals surface area contributed by atoms with Gasteiger partial charge in [0.15, 0.2) is 0 Å². The molecule has 1 aliphatic carbocycles. The summed E-state index contributed by atoms with van der Waals surface area (Å²) in [6.07, 6.45) is 6.87. The highest BCUT2D eigenvalue weighted by atomic mass is 15.1. The Bertz CT molecular complexity index is 600. The smallest absolute Gasteiger partial charge is 0.124 e. The molecular weight excluding hydrogens is 270 g/mol. The number of nitrogens with two attached hydrogens (primary N) is 1. The first kappa shape index (κ1) is 15.0. The van der Waals surface area contributed by atoms with Crippen LogP contribution in [-0.4, -0.2) is 23.0 Å². The third-order valence-electron chi connectivity index (χ3n) is 4.65. The Balaban J connectivity index is 1.66. The molecule has 3 rings (SSSR count). The van der Waals surface area contributed by atoms with Gasteiger partial charge >= 0.3 is 0 Å². The Morgan fingerprint density at radius 2 is 1.77 bits per heavy atom. The highest BCUT2D eigenvalue weighted by molar-refractivity contribution is 5.61. The molecule has 0 atom stereocenters. The van der Waals surface area contributed by atoms with Gasteiger partial charge in [-0.2, -0.15) is 0 Å². The van der Waals surface area contributed by atoms with E-state index in [9.17, 15) is 0 Å². The average Bonchev–Trinajstić information content (AvgIpc) is 2.56. The summed E-state index contributed by atoms with van der Waals surface area (Å²) in [5.74, 6) is 0.568. The minimum Gasteiger partial charge on any atom is -0.384 e. The molecule has 0 saturated heterocycles. The number of nitrogen functional groups attached to an aromatic ring is 1. The largest absolute Gasteiger partial charge is 0.384 e. The molecule has 0 unspecified atom stereocenters. The van der Waals surface area contributed by atoms with Crippen LogP contribution in [0.5, 0.6) is 0 Å². The molecule has 1 aliphatic rings. The maximum atomic E-state index is 5.76. The summed E-state index contributed by atoms with van der Waals surface area (Å²) in [5, 5.41) is 0. The minimum atomic E-state index is 0.568. The van der Waals surface area contributed by atoms with E-state index in [1.165, 1.54) is 37.7 Å². The van der Waals surface area contributed by atoms with E-state index >= 15 is 0 Å². The van der Waals surface area contributed by atoms with E-state index in [4.69, 9.17) is 5.73 Å². The first-order chi connectivity index (χ1) is 10.7. The van der Waals surface area contributed by atoms with Crippen molar-refractivity contribution in [3.63, 3.8) is 0 Å². The first-order valence-corrected chi connectivity index (χ1v) is 8.24. The second kappa shape index (κ2) is 6.93. The molecule has 0 radical (unpaired) electrons. The summed E-state index contributed by atoms with van der Waals surface area (Å²) >= 11 is 0. The van der Waals surface area contributed by atoms with E-state index in [-0.39, 0.29) is 0 Å². The number of rotatable bonds is 4. The molecule has 3 heteroatoms. The summed E-state index contributed by atoms with van der Waals surface area (Å²) < 4.78 is 0. The Kier molecular flexibility index (Phi) is 4.74. The van der Waals surface area contributed by atoms with Gasteiger partial charge in [0.25, 0.3) is 0 Å². The van der Waals surface area contributed by atoms with Crippen molar-refractivity contribution in [3.05, 3.63) is 48.0 Å². The number of anilines is 1. The SMILES string of the molecule is CN(Cc1ccc(-c2cccc(N)n2)cc1)C1CCCCC1. The van der Waals surface area contributed by atoms with Gasteiger partial charge < -0.3 is 5.73 Å². The number of nitrogens with zero attached hydrogens (tertiary/aromatic N) is 2. The Labute approximate surface area is 133 Å². The molecule has 1 aromatic carbocycles. The lowest BCUT2D eigenvalue weighted by atomic mass is 9.94. The zero-order valence-electron chi connectivity index (χ0n) is 13.3. The topological polar surface area (TPSA) is 42.1 Å². The quantitative estimate of drug-likeness (QED) is 0.923. The van der Waals surface area contributed by atoms with Gasteiger partial charge in [0.05, 0.1) is 5.69 Å². The van der Waals surface area contributed by atoms with Crippen LogP contribution in [0.3, 0.4) is 0 Å². The van der Waals surface area contributed by atoms with E-state index in [1.54, 1.807) is 0 Å². The summed E-state index contributed by atoms with van der Waals surface area (Å²) in [4.78, 5) is 6.88. The average molecular weight is 295 g/mol. The van der Waals surface area contributed by atoms with Gasteiger partial charge in [0, 0.05) is 18.2 Å². The van der Waals surface area contributed by atoms with Gasteiger partial charge in [-0.1, -0.05) is 49.6 Å². The van der Waals surface area contributed by atoms with E-state index < -0.39 is 0 Å². The summed E-state index contributed by atoms with van der Waals surface area (Å²) in [6, 6.07) is 15.2. The number of aromatic nitrogens is 1. The van der Waals surface area contributed by atoms with Gasteiger partial charge in [-0.3, -0.25) is 4.90 Å². The highest BCUT2D eigenvalue weighted by Crippen LogP contribution is 2.24. The normalized spacial score (nSPS) is 16.1. The molecule has 0 bridgehead atoms. The van der Waals surface area contributed by atoms with Gasteiger partial charge in [-0.25, -0.2) is 4.98 Å². The van der Waals surface area contributed by atoms with Gasteiger partial charge in [0.1, 0.15) is 5.82 Å². The van der Waals surface area contributed by atoms with Crippen molar-refractivity contribution >= 4 is 5.82 Å². The van der Waals surface area contributed by atoms with Crippen LogP contribution in [-0.2, 0) is 6.54 Å². The van der Waals surface area contributed by atoms with Gasteiger partial charge in [0.2, 0.25) is 0 Å². The van der Waals surface area contributed by atoms with Crippen LogP contribution < -0.4 is 5.73 Å². The first-order valence-electron chi connectivity index (χ1n) is 8.24. The van der Waals surface area contributed by atoms with Gasteiger partial charge in [-0.05, 0) is 37.6 Å². The van der Waals surface area contributed by atoms with E-state index in [2.05, 4.69) is 41.2 Å². The number of hydrogen-bond acceptors (Lipinski definition) is 3. The molecule has 2 aromatic rings. The van der Waals surface area contributed by atoms with Crippen LogP contribution in [0.4, 0.5) is 5.82 Å². The van der Waals surface area contributed by atoms with Crippen LogP contribution in [0.15, 0.2) is 42.5 Å². The zero-order chi connectivity index (χ0) is 15.4. The van der Waals surface area contributed by atoms with Crippen LogP contribution >= 0.6 is 0 Å². The number of hydrogen-bond donors (Lipinski definition) is 1. The third kappa shape index (κ3) is 3.66. The lowest BCUT2D eigenvalue weighted by Crippen LogP contribution is -2.32. The molecule has 1 heterocycles. The predicted octanol–water partition coefficient (Wildman–Crippen LogP) is 4.10. The third-order valence-corrected chi connectivity index (χ3v) is 4.65. The van der Waals surface area contributed by atoms with Crippen molar-refractivity contribution in [3.8, 4) is 11.3 Å². The van der Waals surface area contributed by atoms with Crippen molar-refractivity contribution in [1.29, 1.82) is 0 Å². The highest BCUT2D eigenvalue weighted by Gasteiger charge is 2.17. The maximum absolute atomic E-state index is 5.76. The molecule has 1 saturated carbocycles. The molecule has 1 aromatic heterocycles. The fourth-order valence-electron chi connectivity index (χ4n) is 3.33. The van der Waals surface area contributed by atoms with Crippen LogP contribution in [0, 0.1) is 0 Å². The second-order valence-electron chi connectivity index (χ2n) is 6.35. The molecule has 0 aliphatic heterocycles. The minimum absolute atomic E-state index is 0.568. The zero-order valence-corrected chi connectivity index (χ0v) is 13.3. The van der Waals surface area contributed by atoms with Crippen molar-refractivity contribution in [1.82, 2.24) is 9.88 Å². The Morgan fingerprint density at radius 1 is 1.05 bits per heavy atom. The van der Waals surface area contributed by atoms with Crippen molar-refractivity contribution < 1.29 is 0 Å². The van der Waals surface area contributed by atoms with Gasteiger partial charge in [-0.15, -0.1) is 0 Å². The Morgan fingerprint density at radius 3 is 2.45 bits per heavy atom. The van der Waals surface area contributed by atoms with E-state index in [0.29, 0.717) is 5.82 Å². The summed E-state index contributed by atoms with van der Waals surface area (Å²) in [5.41, 5.74) is 9.18. The number of pyridine rings is 1. The molecule has 2 N–H and O–H groups in total. The molecular formula is C19H25N3. The van der Waals surface area contributed by atoms with E-state index in [0.717, 1.165) is 23.8 Å². The standard InChI is InChI=1S/C19H25N3/c1-22(17-6-3-2-4-7-17)14-15-10-12-16(13-11-15)18-8-5-9-19(20)21-18/h5,8-13,17H,2-4,6-7,14H2,1H3,(H2,20,21). The lowest BCUT2D eigenvalue weighted by molar-refractivity contribution is 0.184. The maximum Gasteiger partial charge on any atom is 0.124 e. The predicted molar refractivity (Wildman–Crippen MR) is 92.4 cm³/mol. The Hall–Kier alpha value is -1.87. The molecule has 0 amide bonds. The molecule has 22 heavy (non-hydrogen) atoms. The number of benzene rings is 1. The second-order valence-corrected chi connectivity index (χ2v) is 6.35. The van der Waals surface area contributed by atoms with Crippen molar-refractivity contribution in [2.75, 3.05) is 12.8 Å². The molecule has 116 valence electrons. The molecule has 0 spiro atoms. The monoisotopic (exact) mass is 295 g/mol. The van der Waals surface area contributed by atoms with Crippen molar-refractivity contribution in [2.45, 2.75) is 44.7 Å². The van der Waals surface area contributed by atoms with Crippen LogP contribution in [0.2, 0.25) is 0 Å².